The van der Waals surface area contributed by atoms with Crippen LogP contribution in [0.3, 0.4) is 0 Å². The number of fused-ring (bicyclic) bond motifs is 1. The van der Waals surface area contributed by atoms with Gasteiger partial charge in [0.1, 0.15) is 17.4 Å². The highest BCUT2D eigenvalue weighted by atomic mass is 35.5. The summed E-state index contributed by atoms with van der Waals surface area (Å²) in [5.74, 6) is -3.74. The number of hydrogen-bond acceptors (Lipinski definition) is 6. The van der Waals surface area contributed by atoms with Crippen LogP contribution in [-0.2, 0) is 10.3 Å². The van der Waals surface area contributed by atoms with E-state index in [4.69, 9.17) is 31.5 Å². The van der Waals surface area contributed by atoms with Crippen LogP contribution in [0, 0.1) is 11.6 Å². The molecule has 0 spiro atoms. The molecule has 10 heteroatoms. The standard InChI is InChI=1S/C33H37ClF2N2O5/c1-19-24-22(25-26(31(37)39)28(35)27(34)30(29(25)36)42-17-16-41-3)10-7-11-23(24)43-33(19,20-8-5-4-6-9-20)18-38-21-12-14-32(2,40)15-13-21/h4-11,19,21,38,40H,12-18H2,1-3H3,(H2,37,39)/t19-,21?,32?,33-/m0/s1. The molecule has 1 aliphatic carbocycles. The van der Waals surface area contributed by atoms with Gasteiger partial charge in [-0.2, -0.15) is 0 Å². The van der Waals surface area contributed by atoms with Gasteiger partial charge in [0.15, 0.2) is 23.0 Å². The molecule has 2 atom stereocenters. The first-order valence-corrected chi connectivity index (χ1v) is 14.8. The Morgan fingerprint density at radius 2 is 1.81 bits per heavy atom. The third kappa shape index (κ3) is 5.83. The lowest BCUT2D eigenvalue weighted by atomic mass is 9.77. The fourth-order valence-corrected chi connectivity index (χ4v) is 6.58. The zero-order valence-electron chi connectivity index (χ0n) is 24.5. The Hall–Kier alpha value is -3.24. The number of nitrogens with two attached hydrogens (primary N) is 1. The zero-order valence-corrected chi connectivity index (χ0v) is 25.3. The number of halogens is 3. The number of rotatable bonds is 10. The Bertz CT molecular complexity index is 1490. The average Bonchev–Trinajstić information content (AvgIpc) is 3.28. The van der Waals surface area contributed by atoms with Crippen molar-refractivity contribution >= 4 is 17.5 Å². The highest BCUT2D eigenvalue weighted by molar-refractivity contribution is 6.33. The van der Waals surface area contributed by atoms with Gasteiger partial charge in [0.2, 0.25) is 0 Å². The van der Waals surface area contributed by atoms with E-state index in [0.717, 1.165) is 18.4 Å². The molecule has 0 radical (unpaired) electrons. The molecule has 1 heterocycles. The minimum Gasteiger partial charge on any atom is -0.486 e. The fraction of sp³-hybridized carbons (Fsp3) is 0.424. The summed E-state index contributed by atoms with van der Waals surface area (Å²) in [4.78, 5) is 12.6. The lowest BCUT2D eigenvalue weighted by Crippen LogP contribution is -2.49. The number of amides is 1. The summed E-state index contributed by atoms with van der Waals surface area (Å²) >= 11 is 6.15. The van der Waals surface area contributed by atoms with Crippen LogP contribution in [0.1, 0.15) is 66.9 Å². The molecule has 0 bridgehead atoms. The van der Waals surface area contributed by atoms with Gasteiger partial charge in [-0.25, -0.2) is 8.78 Å². The maximum Gasteiger partial charge on any atom is 0.252 e. The van der Waals surface area contributed by atoms with Crippen LogP contribution >= 0.6 is 11.6 Å². The van der Waals surface area contributed by atoms with Crippen LogP contribution in [0.4, 0.5) is 8.78 Å². The van der Waals surface area contributed by atoms with Crippen molar-refractivity contribution in [1.82, 2.24) is 5.32 Å². The maximum atomic E-state index is 16.3. The number of benzene rings is 3. The van der Waals surface area contributed by atoms with E-state index in [1.807, 2.05) is 44.2 Å². The summed E-state index contributed by atoms with van der Waals surface area (Å²) in [6.07, 6.45) is 3.01. The number of nitrogens with one attached hydrogen (secondary N) is 1. The van der Waals surface area contributed by atoms with Crippen molar-refractivity contribution in [1.29, 1.82) is 0 Å². The summed E-state index contributed by atoms with van der Waals surface area (Å²) in [6, 6.07) is 15.0. The molecule has 4 N–H and O–H groups in total. The minimum atomic E-state index is -1.16. The molecule has 0 aromatic heterocycles. The summed E-state index contributed by atoms with van der Waals surface area (Å²) in [6.45, 7) is 4.28. The van der Waals surface area contributed by atoms with Crippen molar-refractivity contribution in [3.63, 3.8) is 0 Å². The van der Waals surface area contributed by atoms with Crippen molar-refractivity contribution in [2.45, 2.75) is 62.7 Å². The molecule has 3 aromatic carbocycles. The first-order chi connectivity index (χ1) is 20.5. The maximum absolute atomic E-state index is 16.3. The smallest absolute Gasteiger partial charge is 0.252 e. The third-order valence-corrected chi connectivity index (χ3v) is 9.14. The third-order valence-electron chi connectivity index (χ3n) is 8.80. The van der Waals surface area contributed by atoms with Gasteiger partial charge in [-0.05, 0) is 49.8 Å². The second-order valence-corrected chi connectivity index (χ2v) is 12.1. The number of ether oxygens (including phenoxy) is 3. The molecule has 3 aromatic rings. The van der Waals surface area contributed by atoms with Gasteiger partial charge in [-0.3, -0.25) is 4.79 Å². The van der Waals surface area contributed by atoms with Crippen LogP contribution in [-0.4, -0.2) is 49.5 Å². The van der Waals surface area contributed by atoms with Crippen LogP contribution in [0.5, 0.6) is 11.5 Å². The van der Waals surface area contributed by atoms with Crippen LogP contribution in [0.2, 0.25) is 5.02 Å². The first kappa shape index (κ1) is 31.2. The van der Waals surface area contributed by atoms with E-state index in [-0.39, 0.29) is 36.3 Å². The molecule has 43 heavy (non-hydrogen) atoms. The van der Waals surface area contributed by atoms with E-state index in [2.05, 4.69) is 5.32 Å². The monoisotopic (exact) mass is 614 g/mol. The quantitative estimate of drug-likeness (QED) is 0.189. The number of hydrogen-bond donors (Lipinski definition) is 3. The fourth-order valence-electron chi connectivity index (χ4n) is 6.35. The second kappa shape index (κ2) is 12.4. The van der Waals surface area contributed by atoms with E-state index in [1.54, 1.807) is 18.2 Å². The van der Waals surface area contributed by atoms with Crippen molar-refractivity contribution in [2.75, 3.05) is 26.9 Å². The molecule has 230 valence electrons. The molecular formula is C33H37ClF2N2O5. The average molecular weight is 615 g/mol. The van der Waals surface area contributed by atoms with Gasteiger partial charge in [-0.1, -0.05) is 61.0 Å². The Morgan fingerprint density at radius 1 is 1.12 bits per heavy atom. The van der Waals surface area contributed by atoms with E-state index in [0.29, 0.717) is 30.7 Å². The molecule has 1 amide bonds. The molecule has 7 nitrogen and oxygen atoms in total. The van der Waals surface area contributed by atoms with Crippen LogP contribution < -0.4 is 20.5 Å². The molecule has 0 unspecified atom stereocenters. The van der Waals surface area contributed by atoms with E-state index in [1.165, 1.54) is 7.11 Å². The number of carbonyl (C=O) groups excluding carboxylic acids is 1. The number of aliphatic hydroxyl groups is 1. The zero-order chi connectivity index (χ0) is 30.9. The largest absolute Gasteiger partial charge is 0.486 e. The summed E-state index contributed by atoms with van der Waals surface area (Å²) in [5.41, 5.74) is 4.81. The summed E-state index contributed by atoms with van der Waals surface area (Å²) in [5, 5.41) is 13.4. The van der Waals surface area contributed by atoms with Gasteiger partial charge in [0, 0.05) is 36.7 Å². The van der Waals surface area contributed by atoms with Gasteiger partial charge < -0.3 is 30.4 Å². The highest BCUT2D eigenvalue weighted by Crippen LogP contribution is 2.55. The Labute approximate surface area is 255 Å². The predicted octanol–water partition coefficient (Wildman–Crippen LogP) is 6.08. The second-order valence-electron chi connectivity index (χ2n) is 11.7. The van der Waals surface area contributed by atoms with E-state index >= 15 is 8.78 Å². The SMILES string of the molecule is COCCOc1c(F)c(-c2cccc3c2[C@H](C)[C@@](CNC2CCC(C)(O)CC2)(c2ccccc2)O3)c(C(N)=O)c(F)c1Cl. The van der Waals surface area contributed by atoms with Gasteiger partial charge in [0.05, 0.1) is 17.8 Å². The van der Waals surface area contributed by atoms with Gasteiger partial charge >= 0.3 is 0 Å². The molecule has 1 aliphatic heterocycles. The molecule has 0 saturated heterocycles. The lowest BCUT2D eigenvalue weighted by Gasteiger charge is -2.38. The molecule has 2 aliphatic rings. The predicted molar refractivity (Wildman–Crippen MR) is 161 cm³/mol. The van der Waals surface area contributed by atoms with Crippen LogP contribution in [0.15, 0.2) is 48.5 Å². The number of carbonyl (C=O) groups is 1. The number of methoxy groups -OCH3 is 1. The summed E-state index contributed by atoms with van der Waals surface area (Å²) in [7, 11) is 1.45. The van der Waals surface area contributed by atoms with Gasteiger partial charge in [-0.15, -0.1) is 0 Å². The van der Waals surface area contributed by atoms with Crippen molar-refractivity contribution in [3.05, 3.63) is 81.9 Å². The minimum absolute atomic E-state index is 0.0895. The molecule has 5 rings (SSSR count). The molecule has 1 fully saturated rings. The molecule has 1 saturated carbocycles. The van der Waals surface area contributed by atoms with E-state index in [9.17, 15) is 9.90 Å². The number of primary amides is 1. The highest BCUT2D eigenvalue weighted by Gasteiger charge is 2.49. The first-order valence-electron chi connectivity index (χ1n) is 14.5. The van der Waals surface area contributed by atoms with Gasteiger partial charge in [0.25, 0.3) is 5.91 Å². The molecular weight excluding hydrogens is 578 g/mol. The van der Waals surface area contributed by atoms with Crippen LogP contribution in [0.25, 0.3) is 11.1 Å². The van der Waals surface area contributed by atoms with E-state index < -0.39 is 45.1 Å². The van der Waals surface area contributed by atoms with Crippen molar-refractivity contribution in [2.24, 2.45) is 5.73 Å². The van der Waals surface area contributed by atoms with Crippen molar-refractivity contribution < 1.29 is 32.9 Å². The van der Waals surface area contributed by atoms with Crippen molar-refractivity contribution in [3.8, 4) is 22.6 Å². The topological polar surface area (TPSA) is 103 Å². The Kier molecular flexibility index (Phi) is 9.00. The summed E-state index contributed by atoms with van der Waals surface area (Å²) < 4.78 is 49.2. The Morgan fingerprint density at radius 3 is 2.47 bits per heavy atom. The normalized spacial score (nSPS) is 24.8. The lowest BCUT2D eigenvalue weighted by molar-refractivity contribution is 0.00891. The Balaban J connectivity index is 1.61.